The van der Waals surface area contributed by atoms with E-state index in [9.17, 15) is 5.11 Å². The number of hydrogen-bond donors (Lipinski definition) is 1. The first-order chi connectivity index (χ1) is 5.86. The number of benzene rings is 1. The molecule has 0 aliphatic heterocycles. The maximum Gasteiger partial charge on any atom is 0.117 e. The van der Waals surface area contributed by atoms with Crippen LogP contribution in [0.2, 0.25) is 0 Å². The number of phenolic OH excluding ortho intramolecular Hbond substituents is 1. The van der Waals surface area contributed by atoms with Gasteiger partial charge in [-0.05, 0) is 18.2 Å². The van der Waals surface area contributed by atoms with Gasteiger partial charge >= 0.3 is 0 Å². The predicted molar refractivity (Wildman–Crippen MR) is 45.2 cm³/mol. The molecule has 0 aliphatic carbocycles. The minimum atomic E-state index is 0.253. The minimum absolute atomic E-state index is 0.253. The Bertz CT molecular complexity index is 368. The lowest BCUT2D eigenvalue weighted by molar-refractivity contribution is 0.475. The summed E-state index contributed by atoms with van der Waals surface area (Å²) in [5, 5.41) is 13.2. The molecule has 0 aliphatic rings. The second kappa shape index (κ2) is 2.70. The number of phenols is 1. The lowest BCUT2D eigenvalue weighted by Gasteiger charge is -2.00. The van der Waals surface area contributed by atoms with E-state index in [2.05, 4.69) is 5.10 Å². The van der Waals surface area contributed by atoms with Crippen LogP contribution in [0.1, 0.15) is 0 Å². The molecule has 1 N–H and O–H groups in total. The van der Waals surface area contributed by atoms with Crippen LogP contribution in [-0.2, 0) is 0 Å². The number of nitrogens with zero attached hydrogens (tertiary/aromatic N) is 2. The Morgan fingerprint density at radius 1 is 1.25 bits per heavy atom. The Kier molecular flexibility index (Phi) is 1.55. The Hall–Kier alpha value is -1.77. The van der Waals surface area contributed by atoms with E-state index in [0.29, 0.717) is 0 Å². The second-order valence-corrected chi connectivity index (χ2v) is 2.47. The molecule has 0 unspecified atom stereocenters. The molecule has 3 heteroatoms. The van der Waals surface area contributed by atoms with Crippen LogP contribution in [0.15, 0.2) is 42.7 Å². The van der Waals surface area contributed by atoms with E-state index >= 15 is 0 Å². The van der Waals surface area contributed by atoms with E-state index in [1.54, 1.807) is 29.1 Å². The topological polar surface area (TPSA) is 38.0 Å². The van der Waals surface area contributed by atoms with Crippen LogP contribution in [0.3, 0.4) is 0 Å². The number of rotatable bonds is 1. The van der Waals surface area contributed by atoms with Crippen molar-refractivity contribution in [1.82, 2.24) is 9.78 Å². The molecular weight excluding hydrogens is 152 g/mol. The molecule has 1 aromatic carbocycles. The monoisotopic (exact) mass is 160 g/mol. The third kappa shape index (κ3) is 1.16. The van der Waals surface area contributed by atoms with E-state index in [4.69, 9.17) is 0 Å². The van der Waals surface area contributed by atoms with E-state index in [1.165, 1.54) is 0 Å². The molecule has 60 valence electrons. The number of aromatic nitrogens is 2. The van der Waals surface area contributed by atoms with Gasteiger partial charge in [-0.25, -0.2) is 4.68 Å². The molecular formula is C9H8N2O. The maximum absolute atomic E-state index is 9.17. The summed E-state index contributed by atoms with van der Waals surface area (Å²) in [6, 6.07) is 8.79. The summed E-state index contributed by atoms with van der Waals surface area (Å²) >= 11 is 0. The molecule has 2 rings (SSSR count). The van der Waals surface area contributed by atoms with Crippen molar-refractivity contribution in [2.45, 2.75) is 0 Å². The molecule has 0 saturated carbocycles. The molecule has 2 aromatic rings. The fourth-order valence-corrected chi connectivity index (χ4v) is 1.06. The zero-order valence-electron chi connectivity index (χ0n) is 6.38. The van der Waals surface area contributed by atoms with Crippen molar-refractivity contribution in [2.75, 3.05) is 0 Å². The van der Waals surface area contributed by atoms with Crippen molar-refractivity contribution < 1.29 is 5.11 Å². The standard InChI is InChI=1S/C9H8N2O/c12-9-4-1-3-8(7-9)11-6-2-5-10-11/h1-7,12H. The van der Waals surface area contributed by atoms with Gasteiger partial charge in [-0.2, -0.15) is 5.10 Å². The van der Waals surface area contributed by atoms with Crippen LogP contribution < -0.4 is 0 Å². The largest absolute Gasteiger partial charge is 0.508 e. The summed E-state index contributed by atoms with van der Waals surface area (Å²) in [6.07, 6.45) is 3.53. The summed E-state index contributed by atoms with van der Waals surface area (Å²) in [4.78, 5) is 0. The van der Waals surface area contributed by atoms with Crippen molar-refractivity contribution in [3.63, 3.8) is 0 Å². The van der Waals surface area contributed by atoms with E-state index in [0.717, 1.165) is 5.69 Å². The Labute approximate surface area is 69.9 Å². The van der Waals surface area contributed by atoms with Crippen molar-refractivity contribution in [1.29, 1.82) is 0 Å². The zero-order chi connectivity index (χ0) is 8.39. The van der Waals surface area contributed by atoms with E-state index < -0.39 is 0 Å². The van der Waals surface area contributed by atoms with E-state index in [-0.39, 0.29) is 5.75 Å². The summed E-state index contributed by atoms with van der Waals surface area (Å²) in [5.41, 5.74) is 0.861. The third-order valence-corrected chi connectivity index (χ3v) is 1.60. The van der Waals surface area contributed by atoms with Crippen LogP contribution >= 0.6 is 0 Å². The molecule has 0 saturated heterocycles. The number of aromatic hydroxyl groups is 1. The third-order valence-electron chi connectivity index (χ3n) is 1.60. The average Bonchev–Trinajstić information content (AvgIpc) is 2.56. The molecule has 12 heavy (non-hydrogen) atoms. The van der Waals surface area contributed by atoms with Gasteiger partial charge in [0.25, 0.3) is 0 Å². The van der Waals surface area contributed by atoms with Crippen molar-refractivity contribution in [2.24, 2.45) is 0 Å². The number of hydrogen-bond acceptors (Lipinski definition) is 2. The fraction of sp³-hybridized carbons (Fsp3) is 0. The summed E-state index contributed by atoms with van der Waals surface area (Å²) in [5.74, 6) is 0.253. The van der Waals surface area contributed by atoms with Crippen molar-refractivity contribution in [3.05, 3.63) is 42.7 Å². The van der Waals surface area contributed by atoms with E-state index in [1.807, 2.05) is 18.3 Å². The highest BCUT2D eigenvalue weighted by Crippen LogP contribution is 2.13. The van der Waals surface area contributed by atoms with Gasteiger partial charge in [-0.3, -0.25) is 0 Å². The van der Waals surface area contributed by atoms with Gasteiger partial charge < -0.3 is 5.11 Å². The molecule has 0 amide bonds. The first-order valence-electron chi connectivity index (χ1n) is 3.65. The summed E-state index contributed by atoms with van der Waals surface area (Å²) in [6.45, 7) is 0. The summed E-state index contributed by atoms with van der Waals surface area (Å²) < 4.78 is 1.69. The molecule has 3 nitrogen and oxygen atoms in total. The highest BCUT2D eigenvalue weighted by Gasteiger charge is 1.95. The van der Waals surface area contributed by atoms with Gasteiger partial charge in [0.1, 0.15) is 5.75 Å². The first kappa shape index (κ1) is 6.91. The van der Waals surface area contributed by atoms with Crippen LogP contribution in [-0.4, -0.2) is 14.9 Å². The van der Waals surface area contributed by atoms with Crippen LogP contribution in [0, 0.1) is 0 Å². The Morgan fingerprint density at radius 2 is 2.17 bits per heavy atom. The van der Waals surface area contributed by atoms with Crippen LogP contribution in [0.25, 0.3) is 5.69 Å². The van der Waals surface area contributed by atoms with Gasteiger partial charge in [0, 0.05) is 18.5 Å². The smallest absolute Gasteiger partial charge is 0.117 e. The predicted octanol–water partition coefficient (Wildman–Crippen LogP) is 1.58. The molecule has 1 aromatic heterocycles. The van der Waals surface area contributed by atoms with Crippen LogP contribution in [0.5, 0.6) is 5.75 Å². The van der Waals surface area contributed by atoms with Crippen molar-refractivity contribution in [3.8, 4) is 11.4 Å². The first-order valence-corrected chi connectivity index (χ1v) is 3.65. The van der Waals surface area contributed by atoms with Gasteiger partial charge in [-0.1, -0.05) is 6.07 Å². The highest BCUT2D eigenvalue weighted by molar-refractivity contribution is 5.37. The molecule has 0 atom stereocenters. The lowest BCUT2D eigenvalue weighted by atomic mass is 10.3. The quantitative estimate of drug-likeness (QED) is 0.687. The molecule has 0 fully saturated rings. The average molecular weight is 160 g/mol. The minimum Gasteiger partial charge on any atom is -0.508 e. The van der Waals surface area contributed by atoms with Crippen LogP contribution in [0.4, 0.5) is 0 Å². The molecule has 1 heterocycles. The fourth-order valence-electron chi connectivity index (χ4n) is 1.06. The Morgan fingerprint density at radius 3 is 2.83 bits per heavy atom. The normalized spacial score (nSPS) is 10.0. The molecule has 0 radical (unpaired) electrons. The molecule has 0 spiro atoms. The second-order valence-electron chi connectivity index (χ2n) is 2.47. The molecule has 0 bridgehead atoms. The Balaban J connectivity index is 2.48. The van der Waals surface area contributed by atoms with Crippen molar-refractivity contribution >= 4 is 0 Å². The van der Waals surface area contributed by atoms with Gasteiger partial charge in [0.2, 0.25) is 0 Å². The summed E-state index contributed by atoms with van der Waals surface area (Å²) in [7, 11) is 0. The highest BCUT2D eigenvalue weighted by atomic mass is 16.3. The van der Waals surface area contributed by atoms with Gasteiger partial charge in [-0.15, -0.1) is 0 Å². The SMILES string of the molecule is Oc1cccc(-n2cccn2)c1. The lowest BCUT2D eigenvalue weighted by Crippen LogP contribution is -1.92. The van der Waals surface area contributed by atoms with Gasteiger partial charge in [0.05, 0.1) is 5.69 Å². The zero-order valence-corrected chi connectivity index (χ0v) is 6.38. The van der Waals surface area contributed by atoms with Gasteiger partial charge in [0.15, 0.2) is 0 Å². The maximum atomic E-state index is 9.17.